The first-order valence-electron chi connectivity index (χ1n) is 7.29. The highest BCUT2D eigenvalue weighted by molar-refractivity contribution is 8.14. The molecule has 0 aromatic heterocycles. The average molecular weight is 379 g/mol. The lowest BCUT2D eigenvalue weighted by Gasteiger charge is -2.07. The molecule has 0 saturated carbocycles. The van der Waals surface area contributed by atoms with E-state index in [0.29, 0.717) is 23.4 Å². The van der Waals surface area contributed by atoms with E-state index in [9.17, 15) is 19.7 Å². The molecule has 0 radical (unpaired) electrons. The summed E-state index contributed by atoms with van der Waals surface area (Å²) >= 11 is 2.79. The lowest BCUT2D eigenvalue weighted by atomic mass is 10.1. The van der Waals surface area contributed by atoms with Crippen molar-refractivity contribution in [2.45, 2.75) is 0 Å². The number of nitrogens with one attached hydrogen (secondary N) is 2. The van der Waals surface area contributed by atoms with Crippen molar-refractivity contribution in [1.29, 1.82) is 0 Å². The Morgan fingerprint density at radius 2 is 1.44 bits per heavy atom. The van der Waals surface area contributed by atoms with Crippen molar-refractivity contribution in [2.75, 3.05) is 24.6 Å². The van der Waals surface area contributed by atoms with E-state index in [2.05, 4.69) is 20.6 Å². The number of thioether (sulfide) groups is 2. The number of carbonyl (C=O) groups excluding carboxylic acids is 2. The quantitative estimate of drug-likeness (QED) is 0.601. The van der Waals surface area contributed by atoms with Gasteiger partial charge in [-0.25, -0.2) is 0 Å². The van der Waals surface area contributed by atoms with Gasteiger partial charge in [0.1, 0.15) is 0 Å². The Bertz CT molecular complexity index is 752. The molecule has 1 aromatic rings. The Morgan fingerprint density at radius 3 is 1.80 bits per heavy atom. The second-order valence-electron chi connectivity index (χ2n) is 5.00. The van der Waals surface area contributed by atoms with Gasteiger partial charge >= 0.3 is 0 Å². The summed E-state index contributed by atoms with van der Waals surface area (Å²) < 4.78 is 0. The van der Waals surface area contributed by atoms with Gasteiger partial charge in [-0.05, 0) is 6.07 Å². The third kappa shape index (κ3) is 4.37. The van der Waals surface area contributed by atoms with Gasteiger partial charge in [-0.2, -0.15) is 0 Å². The number of aliphatic imine (C=N–C) groups is 2. The molecule has 2 aliphatic rings. The molecule has 2 amide bonds. The molecule has 25 heavy (non-hydrogen) atoms. The van der Waals surface area contributed by atoms with Crippen LogP contribution in [0, 0.1) is 10.1 Å². The molecule has 0 saturated heterocycles. The van der Waals surface area contributed by atoms with Gasteiger partial charge in [0, 0.05) is 34.8 Å². The number of amidine groups is 2. The van der Waals surface area contributed by atoms with Crippen molar-refractivity contribution in [3.05, 3.63) is 39.4 Å². The number of nitrogens with zero attached hydrogens (tertiary/aromatic N) is 3. The number of non-ortho nitro benzene ring substituents is 1. The summed E-state index contributed by atoms with van der Waals surface area (Å²) in [4.78, 5) is 43.3. The molecule has 2 aliphatic heterocycles. The van der Waals surface area contributed by atoms with E-state index in [-0.39, 0.29) is 16.8 Å². The Hall–Kier alpha value is -2.40. The summed E-state index contributed by atoms with van der Waals surface area (Å²) in [5.41, 5.74) is -0.286. The molecule has 0 spiro atoms. The lowest BCUT2D eigenvalue weighted by Crippen LogP contribution is -2.29. The second-order valence-corrected chi connectivity index (χ2v) is 7.17. The molecule has 3 rings (SSSR count). The molecular formula is C14H13N5O4S2. The van der Waals surface area contributed by atoms with Crippen LogP contribution in [0.4, 0.5) is 5.69 Å². The first-order chi connectivity index (χ1) is 12.0. The van der Waals surface area contributed by atoms with Crippen LogP contribution in [0.5, 0.6) is 0 Å². The Balaban J connectivity index is 1.84. The molecule has 2 heterocycles. The molecule has 0 fully saturated rings. The van der Waals surface area contributed by atoms with Crippen molar-refractivity contribution in [2.24, 2.45) is 9.98 Å². The monoisotopic (exact) mass is 379 g/mol. The Kier molecular flexibility index (Phi) is 5.34. The molecule has 9 nitrogen and oxygen atoms in total. The zero-order chi connectivity index (χ0) is 17.8. The van der Waals surface area contributed by atoms with Crippen LogP contribution in [0.15, 0.2) is 28.2 Å². The van der Waals surface area contributed by atoms with E-state index in [1.807, 2.05) is 0 Å². The van der Waals surface area contributed by atoms with Gasteiger partial charge < -0.3 is 10.6 Å². The van der Waals surface area contributed by atoms with Gasteiger partial charge in [0.2, 0.25) is 0 Å². The van der Waals surface area contributed by atoms with Crippen molar-refractivity contribution in [3.8, 4) is 0 Å². The van der Waals surface area contributed by atoms with E-state index < -0.39 is 16.7 Å². The highest BCUT2D eigenvalue weighted by Gasteiger charge is 2.21. The molecule has 0 aliphatic carbocycles. The number of nitro groups is 1. The fraction of sp³-hybridized carbons (Fsp3) is 0.286. The van der Waals surface area contributed by atoms with Crippen LogP contribution < -0.4 is 10.6 Å². The first-order valence-corrected chi connectivity index (χ1v) is 9.27. The number of nitro benzene ring substituents is 1. The molecule has 0 bridgehead atoms. The van der Waals surface area contributed by atoms with Crippen LogP contribution in [0.2, 0.25) is 0 Å². The van der Waals surface area contributed by atoms with Crippen LogP contribution in [0.25, 0.3) is 0 Å². The standard InChI is InChI=1S/C14H13N5O4S2/c20-11(17-13-15-1-3-24-13)8-5-9(7-10(6-8)19(22)23)12(21)18-14-16-2-4-25-14/h5-7H,1-4H2,(H,15,17,20)(H,16,18,21). The van der Waals surface area contributed by atoms with E-state index in [1.54, 1.807) is 0 Å². The highest BCUT2D eigenvalue weighted by Crippen LogP contribution is 2.19. The fourth-order valence-corrected chi connectivity index (χ4v) is 3.59. The smallest absolute Gasteiger partial charge is 0.271 e. The topological polar surface area (TPSA) is 126 Å². The summed E-state index contributed by atoms with van der Waals surface area (Å²) in [6.07, 6.45) is 0. The molecule has 0 atom stereocenters. The normalized spacial score (nSPS) is 16.2. The second kappa shape index (κ2) is 7.66. The number of rotatable bonds is 3. The Morgan fingerprint density at radius 1 is 0.960 bits per heavy atom. The molecule has 130 valence electrons. The molecular weight excluding hydrogens is 366 g/mol. The number of carbonyl (C=O) groups is 2. The molecule has 11 heteroatoms. The number of benzene rings is 1. The Labute approximate surface area is 150 Å². The maximum Gasteiger partial charge on any atom is 0.271 e. The van der Waals surface area contributed by atoms with Crippen molar-refractivity contribution < 1.29 is 14.5 Å². The third-order valence-corrected chi connectivity index (χ3v) is 5.05. The number of hydrogen-bond acceptors (Lipinski definition) is 8. The van der Waals surface area contributed by atoms with Crippen LogP contribution in [-0.2, 0) is 0 Å². The predicted molar refractivity (Wildman–Crippen MR) is 97.5 cm³/mol. The zero-order valence-corrected chi connectivity index (χ0v) is 14.5. The van der Waals surface area contributed by atoms with E-state index in [1.165, 1.54) is 29.6 Å². The zero-order valence-electron chi connectivity index (χ0n) is 12.9. The molecule has 2 N–H and O–H groups in total. The van der Waals surface area contributed by atoms with Crippen LogP contribution in [-0.4, -0.2) is 51.7 Å². The highest BCUT2D eigenvalue weighted by atomic mass is 32.2. The summed E-state index contributed by atoms with van der Waals surface area (Å²) in [6.45, 7) is 1.23. The van der Waals surface area contributed by atoms with Crippen LogP contribution in [0.1, 0.15) is 20.7 Å². The number of amides is 2. The lowest BCUT2D eigenvalue weighted by molar-refractivity contribution is -0.384. The van der Waals surface area contributed by atoms with Crippen LogP contribution in [0.3, 0.4) is 0 Å². The van der Waals surface area contributed by atoms with Crippen molar-refractivity contribution >= 4 is 51.4 Å². The van der Waals surface area contributed by atoms with E-state index in [0.717, 1.165) is 23.6 Å². The fourth-order valence-electron chi connectivity index (χ4n) is 2.14. The molecule has 1 aromatic carbocycles. The SMILES string of the molecule is O=C(NC1=NCCS1)c1cc(C(=O)NC2=NCCS2)cc([N+](=O)[O-])c1. The number of hydrogen-bond donors (Lipinski definition) is 2. The largest absolute Gasteiger partial charge is 0.301 e. The van der Waals surface area contributed by atoms with Gasteiger partial charge in [-0.3, -0.25) is 29.7 Å². The predicted octanol–water partition coefficient (Wildman–Crippen LogP) is 1.26. The van der Waals surface area contributed by atoms with Gasteiger partial charge in [-0.1, -0.05) is 23.5 Å². The minimum atomic E-state index is -0.642. The summed E-state index contributed by atoms with van der Waals surface area (Å²) in [5.74, 6) is 0.465. The first kappa shape index (κ1) is 17.4. The summed E-state index contributed by atoms with van der Waals surface area (Å²) in [7, 11) is 0. The maximum absolute atomic E-state index is 12.3. The van der Waals surface area contributed by atoms with Crippen LogP contribution >= 0.6 is 23.5 Å². The maximum atomic E-state index is 12.3. The average Bonchev–Trinajstić information content (AvgIpc) is 3.28. The van der Waals surface area contributed by atoms with Crippen molar-refractivity contribution in [1.82, 2.24) is 10.6 Å². The summed E-state index contributed by atoms with van der Waals surface area (Å²) in [5, 5.41) is 17.3. The minimum Gasteiger partial charge on any atom is -0.301 e. The van der Waals surface area contributed by atoms with Gasteiger partial charge in [-0.15, -0.1) is 0 Å². The minimum absolute atomic E-state index is 0.0237. The third-order valence-electron chi connectivity index (χ3n) is 3.26. The van der Waals surface area contributed by atoms with Gasteiger partial charge in [0.05, 0.1) is 18.0 Å². The van der Waals surface area contributed by atoms with E-state index in [4.69, 9.17) is 0 Å². The van der Waals surface area contributed by atoms with Gasteiger partial charge in [0.15, 0.2) is 10.3 Å². The van der Waals surface area contributed by atoms with E-state index >= 15 is 0 Å². The molecule has 0 unspecified atom stereocenters. The van der Waals surface area contributed by atoms with Gasteiger partial charge in [0.25, 0.3) is 17.5 Å². The van der Waals surface area contributed by atoms with Crippen molar-refractivity contribution in [3.63, 3.8) is 0 Å². The summed E-state index contributed by atoms with van der Waals surface area (Å²) in [6, 6.07) is 3.58.